The fourth-order valence-corrected chi connectivity index (χ4v) is 2.96. The maximum absolute atomic E-state index is 12.9. The van der Waals surface area contributed by atoms with Gasteiger partial charge in [-0.15, -0.1) is 0 Å². The van der Waals surface area contributed by atoms with Gasteiger partial charge in [0.2, 0.25) is 5.95 Å². The highest BCUT2D eigenvalue weighted by atomic mass is 19.4. The minimum Gasteiger partial charge on any atom is -0.336 e. The molecule has 10 heteroatoms. The van der Waals surface area contributed by atoms with Gasteiger partial charge in [-0.25, -0.2) is 14.8 Å². The number of nitrogens with zero attached hydrogens (tertiary/aromatic N) is 5. The second kappa shape index (κ2) is 5.60. The smallest absolute Gasteiger partial charge is 0.336 e. The summed E-state index contributed by atoms with van der Waals surface area (Å²) in [6, 6.07) is -0.180. The fraction of sp³-hybridized carbons (Fsp3) is 0.571. The van der Waals surface area contributed by atoms with E-state index in [4.69, 9.17) is 0 Å². The second-order valence-corrected chi connectivity index (χ2v) is 5.71. The highest BCUT2D eigenvalue weighted by Gasteiger charge is 2.47. The molecule has 2 saturated heterocycles. The number of aryl methyl sites for hydroxylation is 1. The Morgan fingerprint density at radius 3 is 2.58 bits per heavy atom. The predicted octanol–water partition coefficient (Wildman–Crippen LogP) is 1.28. The van der Waals surface area contributed by atoms with Crippen molar-refractivity contribution in [2.75, 3.05) is 31.1 Å². The highest BCUT2D eigenvalue weighted by Crippen LogP contribution is 2.30. The summed E-state index contributed by atoms with van der Waals surface area (Å²) in [6.45, 7) is 4.02. The number of anilines is 1. The van der Waals surface area contributed by atoms with Gasteiger partial charge in [0.25, 0.3) is 5.91 Å². The first-order valence-electron chi connectivity index (χ1n) is 7.52. The first-order valence-corrected chi connectivity index (χ1v) is 7.52. The van der Waals surface area contributed by atoms with E-state index >= 15 is 0 Å². The van der Waals surface area contributed by atoms with Crippen molar-refractivity contribution in [2.45, 2.75) is 26.1 Å². The summed E-state index contributed by atoms with van der Waals surface area (Å²) in [4.78, 5) is 36.1. The van der Waals surface area contributed by atoms with Crippen LogP contribution >= 0.6 is 0 Å². The number of rotatable bonds is 2. The van der Waals surface area contributed by atoms with Gasteiger partial charge >= 0.3 is 12.2 Å². The zero-order chi connectivity index (χ0) is 17.6. The molecule has 0 N–H and O–H groups in total. The summed E-state index contributed by atoms with van der Waals surface area (Å²) in [6.07, 6.45) is -4.57. The van der Waals surface area contributed by atoms with Gasteiger partial charge < -0.3 is 9.80 Å². The van der Waals surface area contributed by atoms with Crippen LogP contribution in [0, 0.1) is 6.92 Å². The number of fused-ring (bicyclic) bond motifs is 1. The maximum atomic E-state index is 12.9. The highest BCUT2D eigenvalue weighted by molar-refractivity contribution is 6.04. The molecule has 0 aliphatic carbocycles. The molecule has 3 rings (SSSR count). The molecule has 24 heavy (non-hydrogen) atoms. The van der Waals surface area contributed by atoms with E-state index in [-0.39, 0.29) is 49.8 Å². The Morgan fingerprint density at radius 2 is 1.96 bits per heavy atom. The van der Waals surface area contributed by atoms with Crippen molar-refractivity contribution in [3.63, 3.8) is 0 Å². The molecule has 1 aromatic rings. The zero-order valence-corrected chi connectivity index (χ0v) is 13.2. The van der Waals surface area contributed by atoms with E-state index in [9.17, 15) is 22.8 Å². The number of urea groups is 1. The number of halogens is 3. The molecule has 3 heterocycles. The summed E-state index contributed by atoms with van der Waals surface area (Å²) in [7, 11) is 0. The first kappa shape index (κ1) is 16.5. The molecule has 2 fully saturated rings. The minimum absolute atomic E-state index is 0.0721. The van der Waals surface area contributed by atoms with Gasteiger partial charge in [-0.3, -0.25) is 9.69 Å². The monoisotopic (exact) mass is 343 g/mol. The lowest BCUT2D eigenvalue weighted by molar-refractivity contribution is -0.141. The third-order valence-electron chi connectivity index (χ3n) is 4.14. The lowest BCUT2D eigenvalue weighted by Gasteiger charge is -2.35. The Labute approximate surface area is 136 Å². The van der Waals surface area contributed by atoms with E-state index in [2.05, 4.69) is 9.97 Å². The van der Waals surface area contributed by atoms with E-state index in [1.165, 1.54) is 16.7 Å². The average Bonchev–Trinajstić information content (AvgIpc) is 2.76. The summed E-state index contributed by atoms with van der Waals surface area (Å²) in [5.74, 6) is -0.409. The average molecular weight is 343 g/mol. The summed E-state index contributed by atoms with van der Waals surface area (Å²) >= 11 is 0. The molecule has 1 unspecified atom stereocenters. The number of hydrogen-bond acceptors (Lipinski definition) is 5. The maximum Gasteiger partial charge on any atom is 0.433 e. The number of piperazine rings is 1. The van der Waals surface area contributed by atoms with E-state index in [0.29, 0.717) is 0 Å². The number of aromatic nitrogens is 2. The molecule has 0 aromatic carbocycles. The second-order valence-electron chi connectivity index (χ2n) is 5.71. The Bertz CT molecular complexity index is 693. The molecule has 130 valence electrons. The molecule has 2 aliphatic heterocycles. The number of carbonyl (C=O) groups excluding carboxylic acids is 2. The van der Waals surface area contributed by atoms with Gasteiger partial charge in [0.1, 0.15) is 11.7 Å². The van der Waals surface area contributed by atoms with Crippen LogP contribution in [0.15, 0.2) is 6.07 Å². The molecule has 1 aromatic heterocycles. The Morgan fingerprint density at radius 1 is 1.25 bits per heavy atom. The van der Waals surface area contributed by atoms with Crippen molar-refractivity contribution in [1.29, 1.82) is 0 Å². The standard InChI is InChI=1S/C14H16F3N5O2/c1-3-21-11(23)9-7-20(4-5-22(9)13(21)24)12-18-8(2)6-10(19-12)14(15,16)17/h6,9H,3-5,7H2,1-2H3. The number of alkyl halides is 3. The van der Waals surface area contributed by atoms with Gasteiger partial charge in [0.15, 0.2) is 0 Å². The SMILES string of the molecule is CCN1C(=O)C2CN(c3nc(C)cc(C(F)(F)F)n3)CCN2C1=O. The number of amides is 3. The van der Waals surface area contributed by atoms with Crippen molar-refractivity contribution < 1.29 is 22.8 Å². The lowest BCUT2D eigenvalue weighted by atomic mass is 10.2. The molecule has 0 bridgehead atoms. The Balaban J connectivity index is 1.87. The quantitative estimate of drug-likeness (QED) is 0.757. The Kier molecular flexibility index (Phi) is 3.84. The van der Waals surface area contributed by atoms with Crippen molar-refractivity contribution in [1.82, 2.24) is 19.8 Å². The number of likely N-dealkylation sites (N-methyl/N-ethyl adjacent to an activating group) is 1. The third kappa shape index (κ3) is 2.65. The van der Waals surface area contributed by atoms with Gasteiger partial charge in [-0.05, 0) is 19.9 Å². The van der Waals surface area contributed by atoms with Crippen molar-refractivity contribution in [3.05, 3.63) is 17.5 Å². The summed E-state index contributed by atoms with van der Waals surface area (Å²) in [5.41, 5.74) is -0.824. The molecule has 3 amide bonds. The molecular formula is C14H16F3N5O2. The van der Waals surface area contributed by atoms with Crippen LogP contribution in [0.5, 0.6) is 0 Å². The number of carbonyl (C=O) groups is 2. The molecule has 1 atom stereocenters. The zero-order valence-electron chi connectivity index (χ0n) is 13.2. The normalized spacial score (nSPS) is 21.5. The summed E-state index contributed by atoms with van der Waals surface area (Å²) < 4.78 is 38.8. The largest absolute Gasteiger partial charge is 0.433 e. The van der Waals surface area contributed by atoms with E-state index in [1.807, 2.05) is 0 Å². The van der Waals surface area contributed by atoms with Gasteiger partial charge in [0.05, 0.1) is 6.54 Å². The van der Waals surface area contributed by atoms with Crippen molar-refractivity contribution in [3.8, 4) is 0 Å². The van der Waals surface area contributed by atoms with Crippen molar-refractivity contribution in [2.24, 2.45) is 0 Å². The first-order chi connectivity index (χ1) is 11.2. The molecular weight excluding hydrogens is 327 g/mol. The van der Waals surface area contributed by atoms with Crippen molar-refractivity contribution >= 4 is 17.9 Å². The van der Waals surface area contributed by atoms with Crippen LogP contribution in [0.25, 0.3) is 0 Å². The lowest BCUT2D eigenvalue weighted by Crippen LogP contribution is -2.53. The van der Waals surface area contributed by atoms with E-state index < -0.39 is 17.9 Å². The fourth-order valence-electron chi connectivity index (χ4n) is 2.96. The van der Waals surface area contributed by atoms with Crippen LogP contribution in [-0.4, -0.2) is 63.9 Å². The van der Waals surface area contributed by atoms with Crippen LogP contribution in [0.1, 0.15) is 18.3 Å². The molecule has 0 saturated carbocycles. The Hall–Kier alpha value is -2.39. The minimum atomic E-state index is -4.57. The van der Waals surface area contributed by atoms with Crippen LogP contribution in [0.2, 0.25) is 0 Å². The van der Waals surface area contributed by atoms with Crippen LogP contribution < -0.4 is 4.90 Å². The van der Waals surface area contributed by atoms with Gasteiger partial charge in [0, 0.05) is 25.3 Å². The molecule has 2 aliphatic rings. The third-order valence-corrected chi connectivity index (χ3v) is 4.14. The molecule has 0 radical (unpaired) electrons. The van der Waals surface area contributed by atoms with E-state index in [1.54, 1.807) is 6.92 Å². The van der Waals surface area contributed by atoms with Crippen LogP contribution in [0.3, 0.4) is 0 Å². The van der Waals surface area contributed by atoms with E-state index in [0.717, 1.165) is 11.0 Å². The molecule has 7 nitrogen and oxygen atoms in total. The van der Waals surface area contributed by atoms with Crippen LogP contribution in [-0.2, 0) is 11.0 Å². The topological polar surface area (TPSA) is 69.6 Å². The number of imide groups is 1. The van der Waals surface area contributed by atoms with Gasteiger partial charge in [-0.2, -0.15) is 13.2 Å². The van der Waals surface area contributed by atoms with Gasteiger partial charge in [-0.1, -0.05) is 0 Å². The summed E-state index contributed by atoms with van der Waals surface area (Å²) in [5, 5.41) is 0. The predicted molar refractivity (Wildman–Crippen MR) is 77.3 cm³/mol. The number of hydrogen-bond donors (Lipinski definition) is 0. The van der Waals surface area contributed by atoms with Crippen LogP contribution in [0.4, 0.5) is 23.9 Å². The molecule has 0 spiro atoms.